The first-order valence-electron chi connectivity index (χ1n) is 22.6. The molecule has 304 valence electrons. The number of hydrogen-bond donors (Lipinski definition) is 3. The lowest BCUT2D eigenvalue weighted by molar-refractivity contribution is -0.144. The number of aliphatic hydroxyl groups excluding tert-OH is 2. The van der Waals surface area contributed by atoms with Gasteiger partial charge in [0, 0.05) is 64.3 Å². The van der Waals surface area contributed by atoms with Gasteiger partial charge in [0.15, 0.2) is 0 Å². The van der Waals surface area contributed by atoms with Crippen LogP contribution in [-0.4, -0.2) is 119 Å². The molecule has 5 unspecified atom stereocenters. The van der Waals surface area contributed by atoms with E-state index in [1.54, 1.807) is 4.90 Å². The van der Waals surface area contributed by atoms with Crippen LogP contribution in [0.4, 0.5) is 0 Å². The van der Waals surface area contributed by atoms with Crippen LogP contribution in [0.5, 0.6) is 0 Å². The van der Waals surface area contributed by atoms with Crippen molar-refractivity contribution >= 4 is 17.7 Å². The molecule has 3 aliphatic heterocycles. The Balaban J connectivity index is 0.791. The zero-order valence-electron chi connectivity index (χ0n) is 33.4. The van der Waals surface area contributed by atoms with E-state index in [9.17, 15) is 24.6 Å². The summed E-state index contributed by atoms with van der Waals surface area (Å²) in [5.41, 5.74) is 3.64. The molecule has 7 rings (SSSR count). The molecule has 0 radical (unpaired) electrons. The minimum absolute atomic E-state index is 0.0138. The fraction of sp³-hybridized carbons (Fsp3) is 0.886. The normalized spacial score (nSPS) is 36.1. The molecule has 54 heavy (non-hydrogen) atoms. The molecule has 0 aromatic rings. The van der Waals surface area contributed by atoms with Crippen LogP contribution in [0.1, 0.15) is 142 Å². The van der Waals surface area contributed by atoms with Crippen molar-refractivity contribution in [3.05, 3.63) is 11.1 Å². The lowest BCUT2D eigenvalue weighted by Crippen LogP contribution is -2.53. The largest absolute Gasteiger partial charge is 0.393 e. The number of piperidine rings is 1. The topological polar surface area (TPSA) is 123 Å². The maximum Gasteiger partial charge on any atom is 0.249 e. The molecule has 4 aliphatic carbocycles. The Kier molecular flexibility index (Phi) is 14.2. The van der Waals surface area contributed by atoms with Gasteiger partial charge >= 0.3 is 0 Å². The van der Waals surface area contributed by atoms with Gasteiger partial charge in [-0.3, -0.25) is 29.5 Å². The number of nitrogens with zero attached hydrogens (tertiary/aromatic N) is 3. The van der Waals surface area contributed by atoms with Crippen LogP contribution in [0.3, 0.4) is 0 Å². The second kappa shape index (κ2) is 19.1. The van der Waals surface area contributed by atoms with Gasteiger partial charge in [-0.05, 0) is 133 Å². The summed E-state index contributed by atoms with van der Waals surface area (Å²) in [5, 5.41) is 23.6. The molecule has 7 aliphatic rings. The molecule has 3 saturated heterocycles. The Morgan fingerprint density at radius 3 is 2.22 bits per heavy atom. The lowest BCUT2D eigenvalue weighted by Gasteiger charge is -2.43. The van der Waals surface area contributed by atoms with E-state index in [4.69, 9.17) is 4.74 Å². The maximum atomic E-state index is 13.2. The van der Waals surface area contributed by atoms with Crippen molar-refractivity contribution in [1.82, 2.24) is 20.0 Å². The van der Waals surface area contributed by atoms with Crippen molar-refractivity contribution < 1.29 is 29.3 Å². The highest BCUT2D eigenvalue weighted by Gasteiger charge is 2.49. The van der Waals surface area contributed by atoms with Gasteiger partial charge in [-0.25, -0.2) is 0 Å². The lowest BCUT2D eigenvalue weighted by atomic mass is 9.68. The predicted octanol–water partition coefficient (Wildman–Crippen LogP) is 5.59. The van der Waals surface area contributed by atoms with Crippen molar-refractivity contribution in [2.45, 2.75) is 172 Å². The molecule has 10 heteroatoms. The predicted molar refractivity (Wildman–Crippen MR) is 209 cm³/mol. The summed E-state index contributed by atoms with van der Waals surface area (Å²) in [6, 6.07) is -0.0281. The second-order valence-electron chi connectivity index (χ2n) is 18.4. The van der Waals surface area contributed by atoms with E-state index in [0.29, 0.717) is 43.4 Å². The molecule has 7 fully saturated rings. The Morgan fingerprint density at radius 2 is 1.54 bits per heavy atom. The SMILES string of the molecule is CC/C(=C(\C1CCC(O)CC1)C1CCC(OCCCC(O)CN2CCN(C3CCC4C(=O)N(C5CCC(=O)NC5=O)CC4C3)CC2)CC1)C1CCCCC1. The standard InChI is InChI=1S/C44H72N4O6/c1-2-38(30-7-4-3-5-8-30)42(31-10-15-35(49)16-11-31)32-12-17-37(18-13-32)54-26-6-9-36(50)29-46-22-24-47(25-23-46)34-14-19-39-33(27-34)28-48(44(39)53)40-20-21-41(51)45-43(40)52/h30-37,39-40,49-50H,2-29H2,1H3,(H,45,51,52)/b42-38-. The number of carbonyl (C=O) groups excluding carboxylic acids is 3. The quantitative estimate of drug-likeness (QED) is 0.127. The van der Waals surface area contributed by atoms with Gasteiger partial charge in [0.1, 0.15) is 6.04 Å². The van der Waals surface area contributed by atoms with Crippen molar-refractivity contribution in [3.63, 3.8) is 0 Å². The maximum absolute atomic E-state index is 13.2. The number of fused-ring (bicyclic) bond motifs is 1. The van der Waals surface area contributed by atoms with Crippen LogP contribution in [0, 0.1) is 29.6 Å². The van der Waals surface area contributed by atoms with E-state index < -0.39 is 6.04 Å². The van der Waals surface area contributed by atoms with E-state index in [1.165, 1.54) is 64.2 Å². The minimum Gasteiger partial charge on any atom is -0.393 e. The first kappa shape index (κ1) is 40.4. The highest BCUT2D eigenvalue weighted by Crippen LogP contribution is 2.46. The molecule has 3 N–H and O–H groups in total. The molecule has 5 atom stereocenters. The average molecular weight is 753 g/mol. The van der Waals surface area contributed by atoms with Crippen LogP contribution in [0.25, 0.3) is 0 Å². The van der Waals surface area contributed by atoms with Gasteiger partial charge in [0.05, 0.1) is 18.3 Å². The van der Waals surface area contributed by atoms with Crippen molar-refractivity contribution in [3.8, 4) is 0 Å². The Hall–Kier alpha value is -1.85. The fourth-order valence-corrected chi connectivity index (χ4v) is 12.1. The molecule has 10 nitrogen and oxygen atoms in total. The number of nitrogens with one attached hydrogen (secondary N) is 1. The fourth-order valence-electron chi connectivity index (χ4n) is 12.1. The molecule has 3 amide bonds. The number of aliphatic hydroxyl groups is 2. The second-order valence-corrected chi connectivity index (χ2v) is 18.4. The van der Waals surface area contributed by atoms with E-state index in [1.807, 2.05) is 11.1 Å². The molecule has 0 spiro atoms. The molecule has 0 bridgehead atoms. The van der Waals surface area contributed by atoms with Crippen molar-refractivity contribution in [2.24, 2.45) is 29.6 Å². The van der Waals surface area contributed by atoms with E-state index in [0.717, 1.165) is 103 Å². The van der Waals surface area contributed by atoms with Gasteiger partial charge < -0.3 is 19.8 Å². The van der Waals surface area contributed by atoms with Crippen molar-refractivity contribution in [2.75, 3.05) is 45.9 Å². The third-order valence-corrected chi connectivity index (χ3v) is 15.1. The summed E-state index contributed by atoms with van der Waals surface area (Å²) in [6.45, 7) is 8.39. The molecular formula is C44H72N4O6. The molecule has 0 aromatic carbocycles. The van der Waals surface area contributed by atoms with Crippen LogP contribution in [-0.2, 0) is 19.1 Å². The Labute approximate surface area is 325 Å². The number of likely N-dealkylation sites (tertiary alicyclic amines) is 1. The van der Waals surface area contributed by atoms with Gasteiger partial charge in [-0.2, -0.15) is 0 Å². The molecule has 4 saturated carbocycles. The number of rotatable bonds is 13. The number of amides is 3. The van der Waals surface area contributed by atoms with Gasteiger partial charge in [0.2, 0.25) is 17.7 Å². The first-order valence-corrected chi connectivity index (χ1v) is 22.6. The average Bonchev–Trinajstić information content (AvgIpc) is 3.51. The summed E-state index contributed by atoms with van der Waals surface area (Å²) < 4.78 is 6.44. The van der Waals surface area contributed by atoms with E-state index in [2.05, 4.69) is 22.0 Å². The highest BCUT2D eigenvalue weighted by atomic mass is 16.5. The van der Waals surface area contributed by atoms with Gasteiger partial charge in [-0.15, -0.1) is 0 Å². The van der Waals surface area contributed by atoms with Crippen LogP contribution in [0.2, 0.25) is 0 Å². The van der Waals surface area contributed by atoms with Gasteiger partial charge in [-0.1, -0.05) is 37.3 Å². The number of imide groups is 1. The van der Waals surface area contributed by atoms with E-state index in [-0.39, 0.29) is 41.8 Å². The smallest absolute Gasteiger partial charge is 0.249 e. The summed E-state index contributed by atoms with van der Waals surface area (Å²) in [7, 11) is 0. The number of ether oxygens (including phenoxy) is 1. The zero-order chi connectivity index (χ0) is 37.6. The minimum atomic E-state index is -0.495. The Bertz CT molecular complexity index is 1290. The molecule has 3 heterocycles. The highest BCUT2D eigenvalue weighted by molar-refractivity contribution is 6.02. The number of piperazine rings is 1. The van der Waals surface area contributed by atoms with E-state index >= 15 is 0 Å². The monoisotopic (exact) mass is 753 g/mol. The van der Waals surface area contributed by atoms with Crippen LogP contribution < -0.4 is 5.32 Å². The Morgan fingerprint density at radius 1 is 0.833 bits per heavy atom. The number of carbonyl (C=O) groups is 3. The summed E-state index contributed by atoms with van der Waals surface area (Å²) >= 11 is 0. The van der Waals surface area contributed by atoms with Crippen LogP contribution >= 0.6 is 0 Å². The van der Waals surface area contributed by atoms with Crippen LogP contribution in [0.15, 0.2) is 11.1 Å². The number of hydrogen-bond acceptors (Lipinski definition) is 8. The third kappa shape index (κ3) is 9.81. The van der Waals surface area contributed by atoms with Crippen molar-refractivity contribution in [1.29, 1.82) is 0 Å². The first-order chi connectivity index (χ1) is 26.3. The molecular weight excluding hydrogens is 681 g/mol. The number of β-amino-alcohol motifs (C(OH)–C–C–N with tert-alkyl or cyclic N) is 1. The molecule has 0 aromatic heterocycles. The zero-order valence-corrected chi connectivity index (χ0v) is 33.4. The summed E-state index contributed by atoms with van der Waals surface area (Å²) in [4.78, 5) is 44.1. The summed E-state index contributed by atoms with van der Waals surface area (Å²) in [6.07, 6.45) is 22.4. The number of allylic oxidation sites excluding steroid dienone is 2. The third-order valence-electron chi connectivity index (χ3n) is 15.1. The summed E-state index contributed by atoms with van der Waals surface area (Å²) in [5.74, 6) is 2.02. The van der Waals surface area contributed by atoms with Gasteiger partial charge in [0.25, 0.3) is 0 Å².